The van der Waals surface area contributed by atoms with Crippen LogP contribution in [0.1, 0.15) is 18.4 Å². The molecule has 0 aliphatic heterocycles. The number of carbonyl (C=O) groups is 1. The molecule has 19 heavy (non-hydrogen) atoms. The van der Waals surface area contributed by atoms with Crippen LogP contribution in [0.4, 0.5) is 5.69 Å². The fourth-order valence-corrected chi connectivity index (χ4v) is 2.12. The van der Waals surface area contributed by atoms with Gasteiger partial charge in [-0.25, -0.2) is 0 Å². The van der Waals surface area contributed by atoms with Crippen molar-refractivity contribution in [2.75, 3.05) is 5.32 Å². The SMILES string of the molecule is O=C(CCCc1ccccc1)Nc1ccc(Br)cc1. The minimum atomic E-state index is 0.0678. The van der Waals surface area contributed by atoms with Crippen LogP contribution >= 0.6 is 15.9 Å². The van der Waals surface area contributed by atoms with E-state index in [0.29, 0.717) is 6.42 Å². The maximum absolute atomic E-state index is 11.8. The fraction of sp³-hybridized carbons (Fsp3) is 0.188. The number of aryl methyl sites for hydroxylation is 1. The van der Waals surface area contributed by atoms with Gasteiger partial charge in [-0.05, 0) is 42.7 Å². The lowest BCUT2D eigenvalue weighted by atomic mass is 10.1. The average Bonchev–Trinajstić information content (AvgIpc) is 2.43. The molecule has 0 unspecified atom stereocenters. The van der Waals surface area contributed by atoms with Crippen molar-refractivity contribution in [2.24, 2.45) is 0 Å². The van der Waals surface area contributed by atoms with Crippen LogP contribution in [0.2, 0.25) is 0 Å². The number of anilines is 1. The minimum absolute atomic E-state index is 0.0678. The van der Waals surface area contributed by atoms with E-state index in [2.05, 4.69) is 33.4 Å². The van der Waals surface area contributed by atoms with E-state index in [0.717, 1.165) is 23.0 Å². The Morgan fingerprint density at radius 3 is 2.37 bits per heavy atom. The number of hydrogen-bond acceptors (Lipinski definition) is 1. The van der Waals surface area contributed by atoms with Crippen molar-refractivity contribution in [1.82, 2.24) is 0 Å². The van der Waals surface area contributed by atoms with Crippen LogP contribution < -0.4 is 5.32 Å². The topological polar surface area (TPSA) is 29.1 Å². The third-order valence-corrected chi connectivity index (χ3v) is 3.37. The van der Waals surface area contributed by atoms with Gasteiger partial charge in [0.15, 0.2) is 0 Å². The summed E-state index contributed by atoms with van der Waals surface area (Å²) in [6, 6.07) is 17.8. The molecule has 0 aromatic heterocycles. The van der Waals surface area contributed by atoms with Crippen molar-refractivity contribution in [1.29, 1.82) is 0 Å². The number of nitrogens with one attached hydrogen (secondary N) is 1. The first-order valence-electron chi connectivity index (χ1n) is 6.33. The van der Waals surface area contributed by atoms with Crippen molar-refractivity contribution < 1.29 is 4.79 Å². The number of hydrogen-bond donors (Lipinski definition) is 1. The predicted molar refractivity (Wildman–Crippen MR) is 82.2 cm³/mol. The molecule has 0 spiro atoms. The third-order valence-electron chi connectivity index (χ3n) is 2.84. The van der Waals surface area contributed by atoms with Gasteiger partial charge in [0.25, 0.3) is 0 Å². The summed E-state index contributed by atoms with van der Waals surface area (Å²) < 4.78 is 1.01. The van der Waals surface area contributed by atoms with Gasteiger partial charge in [-0.15, -0.1) is 0 Å². The molecule has 1 amide bonds. The van der Waals surface area contributed by atoms with Crippen LogP contribution in [-0.2, 0) is 11.2 Å². The lowest BCUT2D eigenvalue weighted by molar-refractivity contribution is -0.116. The highest BCUT2D eigenvalue weighted by atomic mass is 79.9. The van der Waals surface area contributed by atoms with Crippen molar-refractivity contribution >= 4 is 27.5 Å². The van der Waals surface area contributed by atoms with Crippen LogP contribution in [0.15, 0.2) is 59.1 Å². The molecule has 1 N–H and O–H groups in total. The van der Waals surface area contributed by atoms with Gasteiger partial charge in [0.2, 0.25) is 5.91 Å². The monoisotopic (exact) mass is 317 g/mol. The first kappa shape index (κ1) is 13.8. The van der Waals surface area contributed by atoms with Crippen molar-refractivity contribution in [2.45, 2.75) is 19.3 Å². The largest absolute Gasteiger partial charge is 0.326 e. The van der Waals surface area contributed by atoms with E-state index < -0.39 is 0 Å². The Labute approximate surface area is 122 Å². The van der Waals surface area contributed by atoms with E-state index in [4.69, 9.17) is 0 Å². The van der Waals surface area contributed by atoms with Crippen LogP contribution in [-0.4, -0.2) is 5.91 Å². The van der Waals surface area contributed by atoms with Gasteiger partial charge in [0, 0.05) is 16.6 Å². The van der Waals surface area contributed by atoms with E-state index >= 15 is 0 Å². The van der Waals surface area contributed by atoms with Gasteiger partial charge in [-0.1, -0.05) is 46.3 Å². The average molecular weight is 318 g/mol. The Morgan fingerprint density at radius 1 is 1.00 bits per heavy atom. The molecule has 0 heterocycles. The molecule has 0 aliphatic rings. The number of benzene rings is 2. The van der Waals surface area contributed by atoms with Gasteiger partial charge in [0.1, 0.15) is 0 Å². The number of amides is 1. The Kier molecular flexibility index (Phi) is 5.16. The second-order valence-electron chi connectivity index (χ2n) is 4.39. The molecule has 2 nitrogen and oxygen atoms in total. The van der Waals surface area contributed by atoms with E-state index in [1.807, 2.05) is 42.5 Å². The standard InChI is InChI=1S/C16H16BrNO/c17-14-9-11-15(12-10-14)18-16(19)8-4-7-13-5-2-1-3-6-13/h1-3,5-6,9-12H,4,7-8H2,(H,18,19). The minimum Gasteiger partial charge on any atom is -0.326 e. The summed E-state index contributed by atoms with van der Waals surface area (Å²) in [4.78, 5) is 11.8. The summed E-state index contributed by atoms with van der Waals surface area (Å²) in [6.07, 6.45) is 2.35. The molecule has 2 aromatic carbocycles. The molecule has 0 atom stereocenters. The van der Waals surface area contributed by atoms with E-state index in [1.165, 1.54) is 5.56 Å². The van der Waals surface area contributed by atoms with Crippen molar-refractivity contribution in [3.05, 3.63) is 64.6 Å². The van der Waals surface area contributed by atoms with Gasteiger partial charge in [-0.3, -0.25) is 4.79 Å². The van der Waals surface area contributed by atoms with Crippen LogP contribution in [0, 0.1) is 0 Å². The molecule has 0 aliphatic carbocycles. The lowest BCUT2D eigenvalue weighted by Gasteiger charge is -2.05. The molecular formula is C16H16BrNO. The Balaban J connectivity index is 1.74. The smallest absolute Gasteiger partial charge is 0.224 e. The zero-order valence-electron chi connectivity index (χ0n) is 10.6. The molecule has 0 fully saturated rings. The molecule has 0 radical (unpaired) electrons. The molecule has 2 aromatic rings. The van der Waals surface area contributed by atoms with E-state index in [-0.39, 0.29) is 5.91 Å². The van der Waals surface area contributed by atoms with Gasteiger partial charge >= 0.3 is 0 Å². The number of rotatable bonds is 5. The fourth-order valence-electron chi connectivity index (χ4n) is 1.85. The first-order chi connectivity index (χ1) is 9.24. The number of carbonyl (C=O) groups excluding carboxylic acids is 1. The highest BCUT2D eigenvalue weighted by Crippen LogP contribution is 2.14. The highest BCUT2D eigenvalue weighted by molar-refractivity contribution is 9.10. The first-order valence-corrected chi connectivity index (χ1v) is 7.13. The van der Waals surface area contributed by atoms with Crippen LogP contribution in [0.3, 0.4) is 0 Å². The maximum Gasteiger partial charge on any atom is 0.224 e. The summed E-state index contributed by atoms with van der Waals surface area (Å²) in [6.45, 7) is 0. The third kappa shape index (κ3) is 4.87. The summed E-state index contributed by atoms with van der Waals surface area (Å²) >= 11 is 3.37. The Bertz CT molecular complexity index is 522. The van der Waals surface area contributed by atoms with Crippen molar-refractivity contribution in [3.63, 3.8) is 0 Å². The lowest BCUT2D eigenvalue weighted by Crippen LogP contribution is -2.11. The maximum atomic E-state index is 11.8. The summed E-state index contributed by atoms with van der Waals surface area (Å²) in [7, 11) is 0. The Hall–Kier alpha value is -1.61. The van der Waals surface area contributed by atoms with E-state index in [9.17, 15) is 4.79 Å². The molecule has 98 valence electrons. The molecule has 2 rings (SSSR count). The molecule has 0 bridgehead atoms. The second kappa shape index (κ2) is 7.10. The van der Waals surface area contributed by atoms with Crippen LogP contribution in [0.25, 0.3) is 0 Å². The van der Waals surface area contributed by atoms with Gasteiger partial charge < -0.3 is 5.32 Å². The van der Waals surface area contributed by atoms with Gasteiger partial charge in [0.05, 0.1) is 0 Å². The van der Waals surface area contributed by atoms with E-state index in [1.54, 1.807) is 0 Å². The second-order valence-corrected chi connectivity index (χ2v) is 5.31. The van der Waals surface area contributed by atoms with Crippen LogP contribution in [0.5, 0.6) is 0 Å². The molecule has 3 heteroatoms. The van der Waals surface area contributed by atoms with Crippen molar-refractivity contribution in [3.8, 4) is 0 Å². The zero-order valence-corrected chi connectivity index (χ0v) is 12.2. The Morgan fingerprint density at radius 2 is 1.68 bits per heavy atom. The molecular weight excluding hydrogens is 302 g/mol. The molecule has 0 saturated heterocycles. The van der Waals surface area contributed by atoms with Gasteiger partial charge in [-0.2, -0.15) is 0 Å². The summed E-state index contributed by atoms with van der Waals surface area (Å²) in [5.41, 5.74) is 2.12. The zero-order chi connectivity index (χ0) is 13.5. The predicted octanol–water partition coefficient (Wildman–Crippen LogP) is 4.41. The highest BCUT2D eigenvalue weighted by Gasteiger charge is 2.02. The summed E-state index contributed by atoms with van der Waals surface area (Å²) in [5.74, 6) is 0.0678. The number of halogens is 1. The normalized spacial score (nSPS) is 10.2. The molecule has 0 saturated carbocycles. The quantitative estimate of drug-likeness (QED) is 0.869. The summed E-state index contributed by atoms with van der Waals surface area (Å²) in [5, 5.41) is 2.90.